The molecule has 154 valence electrons. The molecule has 30 heavy (non-hydrogen) atoms. The van der Waals surface area contributed by atoms with E-state index in [9.17, 15) is 14.4 Å². The van der Waals surface area contributed by atoms with Crippen LogP contribution in [0.1, 0.15) is 41.3 Å². The Bertz CT molecular complexity index is 1210. The van der Waals surface area contributed by atoms with Crippen LogP contribution in [0.4, 0.5) is 5.69 Å². The number of H-pyrrole nitrogens is 1. The summed E-state index contributed by atoms with van der Waals surface area (Å²) in [7, 11) is 0. The monoisotopic (exact) mass is 407 g/mol. The highest BCUT2D eigenvalue weighted by atomic mass is 16.7. The van der Waals surface area contributed by atoms with Crippen molar-refractivity contribution in [3.63, 3.8) is 0 Å². The number of aromatic nitrogens is 2. The molecule has 8 nitrogen and oxygen atoms in total. The minimum atomic E-state index is -0.673. The van der Waals surface area contributed by atoms with Crippen LogP contribution in [-0.4, -0.2) is 22.3 Å². The number of aromatic amines is 1. The fourth-order valence-corrected chi connectivity index (χ4v) is 3.19. The second kappa shape index (κ2) is 7.90. The molecular weight excluding hydrogens is 386 g/mol. The molecule has 8 heteroatoms. The van der Waals surface area contributed by atoms with Gasteiger partial charge in [-0.25, -0.2) is 4.79 Å². The lowest BCUT2D eigenvalue weighted by Gasteiger charge is -2.10. The van der Waals surface area contributed by atoms with Crippen LogP contribution in [-0.2, 0) is 6.54 Å². The average Bonchev–Trinajstić information content (AvgIpc) is 3.19. The molecule has 1 aromatic heterocycles. The van der Waals surface area contributed by atoms with Gasteiger partial charge in [0.1, 0.15) is 5.56 Å². The molecule has 2 aromatic carbocycles. The summed E-state index contributed by atoms with van der Waals surface area (Å²) in [6.07, 6.45) is 1.14. The van der Waals surface area contributed by atoms with E-state index in [0.717, 1.165) is 16.3 Å². The number of nitrogens with zero attached hydrogens (tertiary/aromatic N) is 1. The summed E-state index contributed by atoms with van der Waals surface area (Å²) in [5.74, 6) is 0.942. The van der Waals surface area contributed by atoms with Gasteiger partial charge < -0.3 is 19.8 Å². The van der Waals surface area contributed by atoms with Crippen molar-refractivity contribution < 1.29 is 14.3 Å². The quantitative estimate of drug-likeness (QED) is 0.677. The summed E-state index contributed by atoms with van der Waals surface area (Å²) >= 11 is 0. The maximum atomic E-state index is 12.8. The molecule has 4 rings (SSSR count). The molecule has 0 unspecified atom stereocenters. The zero-order chi connectivity index (χ0) is 21.3. The Morgan fingerprint density at radius 3 is 2.57 bits per heavy atom. The van der Waals surface area contributed by atoms with Gasteiger partial charge in [0.2, 0.25) is 6.79 Å². The van der Waals surface area contributed by atoms with Gasteiger partial charge in [0.25, 0.3) is 11.5 Å². The Morgan fingerprint density at radius 2 is 1.83 bits per heavy atom. The summed E-state index contributed by atoms with van der Waals surface area (Å²) < 4.78 is 11.6. The molecule has 0 aliphatic carbocycles. The summed E-state index contributed by atoms with van der Waals surface area (Å²) in [5.41, 5.74) is 0.959. The maximum absolute atomic E-state index is 12.8. The minimum Gasteiger partial charge on any atom is -0.454 e. The standard InChI is InChI=1S/C22H21N3O5/c1-13(2)15-4-6-16(7-5-15)24-20(26)17-10-23-22(28)25(21(17)27)11-14-3-8-18-19(9-14)30-12-29-18/h3-10,13H,11-12H2,1-2H3,(H,23,28)(H,24,26). The lowest BCUT2D eigenvalue weighted by atomic mass is 10.0. The van der Waals surface area contributed by atoms with Crippen LogP contribution in [0.2, 0.25) is 0 Å². The van der Waals surface area contributed by atoms with E-state index in [4.69, 9.17) is 9.47 Å². The molecule has 3 aromatic rings. The molecule has 0 fully saturated rings. The van der Waals surface area contributed by atoms with Gasteiger partial charge in [-0.2, -0.15) is 0 Å². The molecule has 0 radical (unpaired) electrons. The van der Waals surface area contributed by atoms with Gasteiger partial charge in [-0.05, 0) is 41.3 Å². The van der Waals surface area contributed by atoms with Crippen LogP contribution in [0.15, 0.2) is 58.3 Å². The Morgan fingerprint density at radius 1 is 1.10 bits per heavy atom. The summed E-state index contributed by atoms with van der Waals surface area (Å²) in [6, 6.07) is 12.6. The molecule has 0 spiro atoms. The Labute approximate surface area is 172 Å². The van der Waals surface area contributed by atoms with Crippen molar-refractivity contribution >= 4 is 11.6 Å². The third kappa shape index (κ3) is 3.84. The van der Waals surface area contributed by atoms with Crippen molar-refractivity contribution in [2.75, 3.05) is 12.1 Å². The van der Waals surface area contributed by atoms with E-state index in [0.29, 0.717) is 28.7 Å². The molecular formula is C22H21N3O5. The predicted molar refractivity (Wildman–Crippen MR) is 111 cm³/mol. The van der Waals surface area contributed by atoms with E-state index < -0.39 is 17.2 Å². The Hall–Kier alpha value is -3.81. The SMILES string of the molecule is CC(C)c1ccc(NC(=O)c2c[nH]c(=O)n(Cc3ccc4c(c3)OCO4)c2=O)cc1. The van der Waals surface area contributed by atoms with Gasteiger partial charge in [-0.3, -0.25) is 14.2 Å². The topological polar surface area (TPSA) is 102 Å². The van der Waals surface area contributed by atoms with Crippen LogP contribution in [0.3, 0.4) is 0 Å². The van der Waals surface area contributed by atoms with E-state index in [1.165, 1.54) is 0 Å². The highest BCUT2D eigenvalue weighted by molar-refractivity contribution is 6.03. The molecule has 0 bridgehead atoms. The third-order valence-corrected chi connectivity index (χ3v) is 4.92. The van der Waals surface area contributed by atoms with Crippen LogP contribution >= 0.6 is 0 Å². The first-order chi connectivity index (χ1) is 14.4. The average molecular weight is 407 g/mol. The van der Waals surface area contributed by atoms with Crippen LogP contribution < -0.4 is 26.0 Å². The first-order valence-electron chi connectivity index (χ1n) is 9.55. The van der Waals surface area contributed by atoms with Gasteiger partial charge in [0, 0.05) is 11.9 Å². The number of nitrogens with one attached hydrogen (secondary N) is 2. The van der Waals surface area contributed by atoms with Crippen LogP contribution in [0.25, 0.3) is 0 Å². The normalized spacial score (nSPS) is 12.2. The maximum Gasteiger partial charge on any atom is 0.328 e. The molecule has 1 amide bonds. The second-order valence-electron chi connectivity index (χ2n) is 7.32. The van der Waals surface area contributed by atoms with Crippen molar-refractivity contribution in [2.24, 2.45) is 0 Å². The third-order valence-electron chi connectivity index (χ3n) is 4.92. The molecule has 1 aliphatic rings. The summed E-state index contributed by atoms with van der Waals surface area (Å²) in [5, 5.41) is 2.70. The van der Waals surface area contributed by atoms with Crippen molar-refractivity contribution in [3.8, 4) is 11.5 Å². The first-order valence-corrected chi connectivity index (χ1v) is 9.55. The number of amides is 1. The number of carbonyl (C=O) groups is 1. The molecule has 2 N–H and O–H groups in total. The molecule has 0 saturated carbocycles. The van der Waals surface area contributed by atoms with Crippen LogP contribution in [0, 0.1) is 0 Å². The Balaban J connectivity index is 1.58. The smallest absolute Gasteiger partial charge is 0.328 e. The largest absolute Gasteiger partial charge is 0.454 e. The van der Waals surface area contributed by atoms with Crippen molar-refractivity contribution in [3.05, 3.63) is 86.2 Å². The van der Waals surface area contributed by atoms with E-state index in [1.807, 2.05) is 12.1 Å². The van der Waals surface area contributed by atoms with Crippen molar-refractivity contribution in [1.82, 2.24) is 9.55 Å². The number of rotatable bonds is 5. The van der Waals surface area contributed by atoms with Gasteiger partial charge in [-0.1, -0.05) is 32.0 Å². The summed E-state index contributed by atoms with van der Waals surface area (Å²) in [4.78, 5) is 40.2. The lowest BCUT2D eigenvalue weighted by molar-refractivity contribution is 0.102. The van der Waals surface area contributed by atoms with Crippen molar-refractivity contribution in [1.29, 1.82) is 0 Å². The predicted octanol–water partition coefficient (Wildman–Crippen LogP) is 2.69. The van der Waals surface area contributed by atoms with E-state index in [2.05, 4.69) is 24.1 Å². The zero-order valence-electron chi connectivity index (χ0n) is 16.6. The number of hydrogen-bond donors (Lipinski definition) is 2. The molecule has 0 saturated heterocycles. The van der Waals surface area contributed by atoms with Gasteiger partial charge in [0.05, 0.1) is 6.54 Å². The molecule has 0 atom stereocenters. The fraction of sp³-hybridized carbons (Fsp3) is 0.227. The molecule has 1 aliphatic heterocycles. The number of fused-ring (bicyclic) bond motifs is 1. The van der Waals surface area contributed by atoms with Crippen LogP contribution in [0.5, 0.6) is 11.5 Å². The number of benzene rings is 2. The lowest BCUT2D eigenvalue weighted by Crippen LogP contribution is -2.39. The number of carbonyl (C=O) groups excluding carboxylic acids is 1. The number of anilines is 1. The first kappa shape index (κ1) is 19.5. The van der Waals surface area contributed by atoms with Crippen molar-refractivity contribution in [2.45, 2.75) is 26.3 Å². The van der Waals surface area contributed by atoms with Gasteiger partial charge in [0.15, 0.2) is 11.5 Å². The Kier molecular flexibility index (Phi) is 5.14. The van der Waals surface area contributed by atoms with E-state index in [1.54, 1.807) is 30.3 Å². The summed E-state index contributed by atoms with van der Waals surface area (Å²) in [6.45, 7) is 4.29. The molecule has 2 heterocycles. The van der Waals surface area contributed by atoms with E-state index >= 15 is 0 Å². The highest BCUT2D eigenvalue weighted by Gasteiger charge is 2.17. The minimum absolute atomic E-state index is 0.00495. The number of hydrogen-bond acceptors (Lipinski definition) is 5. The fourth-order valence-electron chi connectivity index (χ4n) is 3.19. The van der Waals surface area contributed by atoms with E-state index in [-0.39, 0.29) is 18.9 Å². The highest BCUT2D eigenvalue weighted by Crippen LogP contribution is 2.32. The zero-order valence-corrected chi connectivity index (χ0v) is 16.6. The number of ether oxygens (including phenoxy) is 2. The van der Waals surface area contributed by atoms with Gasteiger partial charge >= 0.3 is 5.69 Å². The second-order valence-corrected chi connectivity index (χ2v) is 7.32. The van der Waals surface area contributed by atoms with Gasteiger partial charge in [-0.15, -0.1) is 0 Å².